The maximum Gasteiger partial charge on any atom is 0.303 e. The predicted octanol–water partition coefficient (Wildman–Crippen LogP) is 0.378. The summed E-state index contributed by atoms with van der Waals surface area (Å²) in [7, 11) is 3.62. The van der Waals surface area contributed by atoms with E-state index in [9.17, 15) is 4.79 Å². The number of carboxylic acids is 1. The van der Waals surface area contributed by atoms with E-state index < -0.39 is 5.97 Å². The first kappa shape index (κ1) is 15.3. The Kier molecular flexibility index (Phi) is 10.3. The molecule has 0 aliphatic rings. The van der Waals surface area contributed by atoms with Crippen LogP contribution in [0.15, 0.2) is 0 Å². The molecule has 0 rings (SSSR count). The van der Waals surface area contributed by atoms with E-state index in [4.69, 9.17) is 19.4 Å². The summed E-state index contributed by atoms with van der Waals surface area (Å²) in [5, 5.41) is 9.98. The predicted molar refractivity (Wildman–Crippen MR) is 58.1 cm³/mol. The fourth-order valence-electron chi connectivity index (χ4n) is 0.926. The summed E-state index contributed by atoms with van der Waals surface area (Å²) in [5.74, 6) is -0.791. The van der Waals surface area contributed by atoms with Gasteiger partial charge in [-0.25, -0.2) is 0 Å². The van der Waals surface area contributed by atoms with Crippen LogP contribution < -0.4 is 0 Å². The lowest BCUT2D eigenvalue weighted by Crippen LogP contribution is -2.17. The number of nitrogens with zero attached hydrogens (tertiary/aromatic N) is 1. The molecule has 0 saturated heterocycles. The van der Waals surface area contributed by atoms with E-state index in [1.165, 1.54) is 0 Å². The van der Waals surface area contributed by atoms with Crippen molar-refractivity contribution in [2.75, 3.05) is 47.1 Å². The summed E-state index contributed by atoms with van der Waals surface area (Å²) in [6, 6.07) is 0. The van der Waals surface area contributed by atoms with E-state index in [-0.39, 0.29) is 6.42 Å². The number of carboxylic acid groups (broad SMARTS) is 1. The highest BCUT2D eigenvalue weighted by Crippen LogP contribution is 1.90. The lowest BCUT2D eigenvalue weighted by Gasteiger charge is -2.10. The molecule has 0 aromatic heterocycles. The molecule has 0 saturated carbocycles. The van der Waals surface area contributed by atoms with Gasteiger partial charge in [0.15, 0.2) is 0 Å². The van der Waals surface area contributed by atoms with Gasteiger partial charge in [0, 0.05) is 27.1 Å². The first-order valence-corrected chi connectivity index (χ1v) is 5.30. The molecule has 0 unspecified atom stereocenters. The number of ether oxygens (including phenoxy) is 2. The monoisotopic (exact) mass is 235 g/mol. The van der Waals surface area contributed by atoms with Crippen LogP contribution in [0.25, 0.3) is 0 Å². The van der Waals surface area contributed by atoms with Gasteiger partial charge in [0.25, 0.3) is 0 Å². The fourth-order valence-corrected chi connectivity index (χ4v) is 0.926. The molecule has 6 heteroatoms. The summed E-state index contributed by atoms with van der Waals surface area (Å²) in [6.45, 7) is 2.50. The van der Waals surface area contributed by atoms with Crippen molar-refractivity contribution in [2.24, 2.45) is 0 Å². The summed E-state index contributed by atoms with van der Waals surface area (Å²) in [6.07, 6.45) is 0.691. The number of hydrogen-bond acceptors (Lipinski definition) is 5. The molecule has 1 N–H and O–H groups in total. The van der Waals surface area contributed by atoms with Crippen LogP contribution >= 0.6 is 0 Å². The molecular weight excluding hydrogens is 214 g/mol. The van der Waals surface area contributed by atoms with Crippen molar-refractivity contribution >= 4 is 5.97 Å². The third-order valence-electron chi connectivity index (χ3n) is 1.63. The van der Waals surface area contributed by atoms with E-state index in [2.05, 4.69) is 0 Å². The van der Waals surface area contributed by atoms with Gasteiger partial charge in [0.05, 0.1) is 26.4 Å². The number of aliphatic carboxylic acids is 1. The second-order valence-electron chi connectivity index (χ2n) is 3.37. The van der Waals surface area contributed by atoms with Gasteiger partial charge in [0.1, 0.15) is 0 Å². The van der Waals surface area contributed by atoms with E-state index >= 15 is 0 Å². The highest BCUT2D eigenvalue weighted by molar-refractivity contribution is 5.66. The summed E-state index contributed by atoms with van der Waals surface area (Å²) in [5.41, 5.74) is 0. The molecule has 16 heavy (non-hydrogen) atoms. The maximum absolute atomic E-state index is 10.2. The molecule has 0 amide bonds. The largest absolute Gasteiger partial charge is 0.481 e. The van der Waals surface area contributed by atoms with Crippen LogP contribution in [0.2, 0.25) is 0 Å². The van der Waals surface area contributed by atoms with Gasteiger partial charge in [0.2, 0.25) is 0 Å². The zero-order valence-electron chi connectivity index (χ0n) is 9.98. The second-order valence-corrected chi connectivity index (χ2v) is 3.37. The molecule has 0 radical (unpaired) electrons. The first-order valence-electron chi connectivity index (χ1n) is 5.30. The van der Waals surface area contributed by atoms with Gasteiger partial charge in [-0.15, -0.1) is 0 Å². The molecule has 0 heterocycles. The van der Waals surface area contributed by atoms with Gasteiger partial charge in [-0.05, 0) is 6.42 Å². The summed E-state index contributed by atoms with van der Waals surface area (Å²) >= 11 is 0. The lowest BCUT2D eigenvalue weighted by atomic mass is 10.3. The van der Waals surface area contributed by atoms with Crippen molar-refractivity contribution in [1.82, 2.24) is 5.06 Å². The molecule has 0 bridgehead atoms. The Labute approximate surface area is 96.0 Å². The van der Waals surface area contributed by atoms with Crippen LogP contribution in [0.3, 0.4) is 0 Å². The molecule has 0 atom stereocenters. The van der Waals surface area contributed by atoms with Crippen molar-refractivity contribution < 1.29 is 24.2 Å². The summed E-state index contributed by atoms with van der Waals surface area (Å²) in [4.78, 5) is 15.3. The zero-order chi connectivity index (χ0) is 12.2. The highest BCUT2D eigenvalue weighted by Gasteiger charge is 1.96. The SMILES string of the molecule is CN(C)OCCOCCOCCCC(=O)O. The molecule has 96 valence electrons. The van der Waals surface area contributed by atoms with Gasteiger partial charge in [-0.2, -0.15) is 5.06 Å². The van der Waals surface area contributed by atoms with Gasteiger partial charge in [-0.1, -0.05) is 0 Å². The van der Waals surface area contributed by atoms with Crippen LogP contribution in [-0.4, -0.2) is 63.3 Å². The molecule has 0 aliphatic carbocycles. The minimum absolute atomic E-state index is 0.150. The number of carbonyl (C=O) groups is 1. The van der Waals surface area contributed by atoms with Gasteiger partial charge >= 0.3 is 5.97 Å². The van der Waals surface area contributed by atoms with E-state index in [1.807, 2.05) is 14.1 Å². The standard InChI is InChI=1S/C10H21NO5/c1-11(2)16-9-8-15-7-6-14-5-3-4-10(12)13/h3-9H2,1-2H3,(H,12,13). The Morgan fingerprint density at radius 3 is 2.19 bits per heavy atom. The fraction of sp³-hybridized carbons (Fsp3) is 0.900. The van der Waals surface area contributed by atoms with Gasteiger partial charge in [-0.3, -0.25) is 9.63 Å². The minimum Gasteiger partial charge on any atom is -0.481 e. The van der Waals surface area contributed by atoms with Crippen molar-refractivity contribution in [2.45, 2.75) is 12.8 Å². The zero-order valence-corrected chi connectivity index (χ0v) is 9.98. The Hall–Kier alpha value is -0.690. The smallest absolute Gasteiger partial charge is 0.303 e. The molecular formula is C10H21NO5. The topological polar surface area (TPSA) is 68.2 Å². The highest BCUT2D eigenvalue weighted by atomic mass is 16.7. The lowest BCUT2D eigenvalue weighted by molar-refractivity contribution is -0.137. The van der Waals surface area contributed by atoms with E-state index in [0.717, 1.165) is 0 Å². The van der Waals surface area contributed by atoms with Crippen molar-refractivity contribution in [3.63, 3.8) is 0 Å². The van der Waals surface area contributed by atoms with Crippen molar-refractivity contribution in [3.05, 3.63) is 0 Å². The van der Waals surface area contributed by atoms with Gasteiger partial charge < -0.3 is 14.6 Å². The molecule has 0 fully saturated rings. The molecule has 0 aromatic carbocycles. The van der Waals surface area contributed by atoms with Crippen LogP contribution in [0.1, 0.15) is 12.8 Å². The Morgan fingerprint density at radius 2 is 1.62 bits per heavy atom. The third-order valence-corrected chi connectivity index (χ3v) is 1.63. The number of hydrogen-bond donors (Lipinski definition) is 1. The van der Waals surface area contributed by atoms with Crippen molar-refractivity contribution in [3.8, 4) is 0 Å². The second kappa shape index (κ2) is 10.8. The van der Waals surface area contributed by atoms with Crippen molar-refractivity contribution in [1.29, 1.82) is 0 Å². The molecule has 0 aromatic rings. The Morgan fingerprint density at radius 1 is 1.06 bits per heavy atom. The molecule has 6 nitrogen and oxygen atoms in total. The molecule has 0 aliphatic heterocycles. The third kappa shape index (κ3) is 13.3. The Bertz CT molecular complexity index is 175. The maximum atomic E-state index is 10.2. The minimum atomic E-state index is -0.791. The van der Waals surface area contributed by atoms with Crippen LogP contribution in [0.5, 0.6) is 0 Å². The van der Waals surface area contributed by atoms with E-state index in [0.29, 0.717) is 39.5 Å². The quantitative estimate of drug-likeness (QED) is 0.412. The Balaban J connectivity index is 2.96. The first-order chi connectivity index (χ1) is 7.63. The normalized spacial score (nSPS) is 10.9. The number of rotatable bonds is 11. The average molecular weight is 235 g/mol. The van der Waals surface area contributed by atoms with E-state index in [1.54, 1.807) is 5.06 Å². The summed E-state index contributed by atoms with van der Waals surface area (Å²) < 4.78 is 10.4. The van der Waals surface area contributed by atoms with Crippen LogP contribution in [-0.2, 0) is 19.1 Å². The molecule has 0 spiro atoms. The van der Waals surface area contributed by atoms with Crippen LogP contribution in [0.4, 0.5) is 0 Å². The van der Waals surface area contributed by atoms with Crippen LogP contribution in [0, 0.1) is 0 Å². The number of hydroxylamine groups is 2. The average Bonchev–Trinajstić information content (AvgIpc) is 2.20.